The zero-order chi connectivity index (χ0) is 16.2. The van der Waals surface area contributed by atoms with Gasteiger partial charge in [-0.3, -0.25) is 0 Å². The number of hydrogen-bond acceptors (Lipinski definition) is 5. The molecule has 6 nitrogen and oxygen atoms in total. The van der Waals surface area contributed by atoms with Gasteiger partial charge in [0, 0.05) is 32.2 Å². The molecule has 0 atom stereocenters. The summed E-state index contributed by atoms with van der Waals surface area (Å²) in [4.78, 5) is 22.6. The molecule has 1 aromatic rings. The second-order valence-electron chi connectivity index (χ2n) is 4.83. The van der Waals surface area contributed by atoms with Gasteiger partial charge in [-0.05, 0) is 6.92 Å². The molecule has 0 saturated carbocycles. The molecular weight excluding hydrogens is 301 g/mol. The quantitative estimate of drug-likeness (QED) is 0.851. The van der Waals surface area contributed by atoms with Gasteiger partial charge in [-0.1, -0.05) is 0 Å². The molecule has 0 unspecified atom stereocenters. The van der Waals surface area contributed by atoms with Crippen LogP contribution in [0.4, 0.5) is 23.8 Å². The van der Waals surface area contributed by atoms with Crippen molar-refractivity contribution in [2.45, 2.75) is 19.5 Å². The summed E-state index contributed by atoms with van der Waals surface area (Å²) in [6, 6.07) is 1.34. The second kappa shape index (κ2) is 6.80. The molecule has 2 rings (SSSR count). The number of nitrogens with zero attached hydrogens (tertiary/aromatic N) is 4. The first-order valence-electron chi connectivity index (χ1n) is 6.93. The number of hydrogen-bond donors (Lipinski definition) is 0. The Hall–Kier alpha value is -2.06. The predicted octanol–water partition coefficient (Wildman–Crippen LogP) is 1.86. The van der Waals surface area contributed by atoms with Gasteiger partial charge in [0.15, 0.2) is 0 Å². The Labute approximate surface area is 125 Å². The highest BCUT2D eigenvalue weighted by Gasteiger charge is 2.29. The van der Waals surface area contributed by atoms with Gasteiger partial charge in [-0.25, -0.2) is 14.8 Å². The zero-order valence-corrected chi connectivity index (χ0v) is 12.1. The molecule has 0 aliphatic carbocycles. The fraction of sp³-hybridized carbons (Fsp3) is 0.615. The molecule has 0 radical (unpaired) electrons. The SMILES string of the molecule is CCOC(=O)N1CCN(c2cc(CC(F)(F)F)ncn2)CC1. The van der Waals surface area contributed by atoms with E-state index in [9.17, 15) is 18.0 Å². The monoisotopic (exact) mass is 318 g/mol. The van der Waals surface area contributed by atoms with Gasteiger partial charge in [-0.15, -0.1) is 0 Å². The van der Waals surface area contributed by atoms with E-state index in [-0.39, 0.29) is 11.8 Å². The van der Waals surface area contributed by atoms with E-state index in [1.807, 2.05) is 4.90 Å². The van der Waals surface area contributed by atoms with Gasteiger partial charge >= 0.3 is 12.3 Å². The third-order valence-electron chi connectivity index (χ3n) is 3.22. The molecule has 1 amide bonds. The summed E-state index contributed by atoms with van der Waals surface area (Å²) in [7, 11) is 0. The number of piperazine rings is 1. The number of carbonyl (C=O) groups excluding carboxylic acids is 1. The maximum atomic E-state index is 12.4. The van der Waals surface area contributed by atoms with Crippen LogP contribution in [-0.2, 0) is 11.2 Å². The van der Waals surface area contributed by atoms with Crippen molar-refractivity contribution in [2.75, 3.05) is 37.7 Å². The molecule has 0 spiro atoms. The van der Waals surface area contributed by atoms with Crippen LogP contribution in [-0.4, -0.2) is 59.9 Å². The molecule has 9 heteroatoms. The number of anilines is 1. The lowest BCUT2D eigenvalue weighted by atomic mass is 10.2. The van der Waals surface area contributed by atoms with E-state index >= 15 is 0 Å². The lowest BCUT2D eigenvalue weighted by Crippen LogP contribution is -2.49. The van der Waals surface area contributed by atoms with Crippen molar-refractivity contribution < 1.29 is 22.7 Å². The smallest absolute Gasteiger partial charge is 0.409 e. The van der Waals surface area contributed by atoms with Crippen LogP contribution in [0.2, 0.25) is 0 Å². The van der Waals surface area contributed by atoms with Crippen molar-refractivity contribution in [1.82, 2.24) is 14.9 Å². The lowest BCUT2D eigenvalue weighted by molar-refractivity contribution is -0.127. The first-order valence-corrected chi connectivity index (χ1v) is 6.93. The van der Waals surface area contributed by atoms with Crippen molar-refractivity contribution in [2.24, 2.45) is 0 Å². The standard InChI is InChI=1S/C13H17F3N4O2/c1-2-22-12(21)20-5-3-19(4-6-20)11-7-10(17-9-18-11)8-13(14,15)16/h7,9H,2-6,8H2,1H3. The highest BCUT2D eigenvalue weighted by atomic mass is 19.4. The first-order chi connectivity index (χ1) is 10.4. The summed E-state index contributed by atoms with van der Waals surface area (Å²) >= 11 is 0. The number of ether oxygens (including phenoxy) is 1. The van der Waals surface area contributed by atoms with Gasteiger partial charge in [-0.2, -0.15) is 13.2 Å². The van der Waals surface area contributed by atoms with Crippen molar-refractivity contribution in [3.05, 3.63) is 18.1 Å². The number of alkyl halides is 3. The van der Waals surface area contributed by atoms with Crippen LogP contribution in [0.1, 0.15) is 12.6 Å². The minimum atomic E-state index is -4.30. The normalized spacial score (nSPS) is 15.8. The summed E-state index contributed by atoms with van der Waals surface area (Å²) in [5, 5.41) is 0. The molecule has 0 aromatic carbocycles. The van der Waals surface area contributed by atoms with Crippen LogP contribution in [0, 0.1) is 0 Å². The highest BCUT2D eigenvalue weighted by molar-refractivity contribution is 5.68. The fourth-order valence-electron chi connectivity index (χ4n) is 2.19. The van der Waals surface area contributed by atoms with E-state index in [0.29, 0.717) is 38.6 Å². The molecule has 122 valence electrons. The Kier molecular flexibility index (Phi) is 5.04. The Morgan fingerprint density at radius 2 is 1.95 bits per heavy atom. The second-order valence-corrected chi connectivity index (χ2v) is 4.83. The van der Waals surface area contributed by atoms with Crippen LogP contribution in [0.3, 0.4) is 0 Å². The topological polar surface area (TPSA) is 58.6 Å². The van der Waals surface area contributed by atoms with E-state index in [1.54, 1.807) is 11.8 Å². The molecule has 1 saturated heterocycles. The van der Waals surface area contributed by atoms with E-state index in [0.717, 1.165) is 6.33 Å². The van der Waals surface area contributed by atoms with E-state index in [4.69, 9.17) is 4.74 Å². The van der Waals surface area contributed by atoms with Crippen LogP contribution in [0.15, 0.2) is 12.4 Å². The summed E-state index contributed by atoms with van der Waals surface area (Å²) in [5.74, 6) is 0.442. The molecular formula is C13H17F3N4O2. The summed E-state index contributed by atoms with van der Waals surface area (Å²) < 4.78 is 42.1. The highest BCUT2D eigenvalue weighted by Crippen LogP contribution is 2.22. The Balaban J connectivity index is 1.96. The number of halogens is 3. The van der Waals surface area contributed by atoms with E-state index in [1.165, 1.54) is 6.07 Å². The van der Waals surface area contributed by atoms with Gasteiger partial charge in [0.1, 0.15) is 12.1 Å². The summed E-state index contributed by atoms with van der Waals surface area (Å²) in [6.45, 7) is 3.90. The van der Waals surface area contributed by atoms with Gasteiger partial charge in [0.2, 0.25) is 0 Å². The third-order valence-corrected chi connectivity index (χ3v) is 3.22. The lowest BCUT2D eigenvalue weighted by Gasteiger charge is -2.34. The number of carbonyl (C=O) groups is 1. The van der Waals surface area contributed by atoms with Crippen LogP contribution in [0.25, 0.3) is 0 Å². The third kappa shape index (κ3) is 4.47. The molecule has 1 aliphatic rings. The molecule has 22 heavy (non-hydrogen) atoms. The van der Waals surface area contributed by atoms with Crippen LogP contribution < -0.4 is 4.90 Å². The summed E-state index contributed by atoms with van der Waals surface area (Å²) in [5.41, 5.74) is -0.0645. The predicted molar refractivity (Wildman–Crippen MR) is 72.6 cm³/mol. The molecule has 1 fully saturated rings. The van der Waals surface area contributed by atoms with Crippen LogP contribution in [0.5, 0.6) is 0 Å². The van der Waals surface area contributed by atoms with Crippen molar-refractivity contribution in [3.8, 4) is 0 Å². The maximum absolute atomic E-state index is 12.4. The van der Waals surface area contributed by atoms with Crippen LogP contribution >= 0.6 is 0 Å². The average molecular weight is 318 g/mol. The molecule has 1 aliphatic heterocycles. The van der Waals surface area contributed by atoms with Gasteiger partial charge in [0.05, 0.1) is 18.7 Å². The number of amides is 1. The molecule has 0 N–H and O–H groups in total. The van der Waals surface area contributed by atoms with Crippen molar-refractivity contribution in [1.29, 1.82) is 0 Å². The van der Waals surface area contributed by atoms with E-state index in [2.05, 4.69) is 9.97 Å². The van der Waals surface area contributed by atoms with Gasteiger partial charge < -0.3 is 14.5 Å². The van der Waals surface area contributed by atoms with Gasteiger partial charge in [0.25, 0.3) is 0 Å². The first kappa shape index (κ1) is 16.3. The number of aromatic nitrogens is 2. The zero-order valence-electron chi connectivity index (χ0n) is 12.1. The fourth-order valence-corrected chi connectivity index (χ4v) is 2.19. The summed E-state index contributed by atoms with van der Waals surface area (Å²) in [6.07, 6.45) is -4.61. The largest absolute Gasteiger partial charge is 0.450 e. The Morgan fingerprint density at radius 3 is 2.55 bits per heavy atom. The molecule has 1 aromatic heterocycles. The van der Waals surface area contributed by atoms with E-state index < -0.39 is 12.6 Å². The molecule has 2 heterocycles. The van der Waals surface area contributed by atoms with Crippen molar-refractivity contribution >= 4 is 11.9 Å². The Morgan fingerprint density at radius 1 is 1.27 bits per heavy atom. The maximum Gasteiger partial charge on any atom is 0.409 e. The molecule has 0 bridgehead atoms. The minimum Gasteiger partial charge on any atom is -0.450 e. The minimum absolute atomic E-state index is 0.0645. The Bertz CT molecular complexity index is 516. The number of rotatable bonds is 3. The average Bonchev–Trinajstić information content (AvgIpc) is 2.46. The van der Waals surface area contributed by atoms with Crippen molar-refractivity contribution in [3.63, 3.8) is 0 Å².